The summed E-state index contributed by atoms with van der Waals surface area (Å²) in [5.74, 6) is 1.28. The number of hydrogen-bond acceptors (Lipinski definition) is 1. The van der Waals surface area contributed by atoms with Crippen molar-refractivity contribution in [2.75, 3.05) is 0 Å². The predicted octanol–water partition coefficient (Wildman–Crippen LogP) is 6.46. The van der Waals surface area contributed by atoms with Crippen LogP contribution in [0.1, 0.15) is 47.9 Å². The molecule has 1 nitrogen and oxygen atoms in total. The molecule has 0 saturated heterocycles. The fraction of sp³-hybridized carbons (Fsp3) is 0.280. The predicted molar refractivity (Wildman–Crippen MR) is 108 cm³/mol. The maximum Gasteiger partial charge on any atom is 0.124 e. The molecule has 0 aliphatic carbocycles. The molecule has 2 atom stereocenters. The SMILES string of the molecule is CCCC1Oc2cc[c]c(-c3ccc(C)cc3)c2C1c1ccc(C)cc1. The van der Waals surface area contributed by atoms with Crippen molar-refractivity contribution in [3.63, 3.8) is 0 Å². The van der Waals surface area contributed by atoms with Crippen LogP contribution in [0.15, 0.2) is 60.7 Å². The van der Waals surface area contributed by atoms with Gasteiger partial charge in [0, 0.05) is 5.56 Å². The van der Waals surface area contributed by atoms with E-state index in [-0.39, 0.29) is 12.0 Å². The van der Waals surface area contributed by atoms with Gasteiger partial charge in [0.25, 0.3) is 0 Å². The monoisotopic (exact) mass is 341 g/mol. The second-order valence-corrected chi connectivity index (χ2v) is 7.33. The molecular formula is C25H25O. The molecule has 3 aromatic rings. The molecule has 0 aromatic heterocycles. The topological polar surface area (TPSA) is 9.23 Å². The van der Waals surface area contributed by atoms with Crippen LogP contribution in [0, 0.1) is 19.9 Å². The minimum absolute atomic E-state index is 0.192. The maximum absolute atomic E-state index is 6.41. The Bertz CT molecular complexity index is 890. The molecule has 3 aromatic carbocycles. The zero-order chi connectivity index (χ0) is 18.1. The third-order valence-electron chi connectivity index (χ3n) is 5.31. The lowest BCUT2D eigenvalue weighted by Gasteiger charge is -2.20. The second kappa shape index (κ2) is 6.99. The zero-order valence-corrected chi connectivity index (χ0v) is 15.8. The minimum atomic E-state index is 0.192. The number of hydrogen-bond donors (Lipinski definition) is 0. The summed E-state index contributed by atoms with van der Waals surface area (Å²) in [6.07, 6.45) is 2.36. The fourth-order valence-electron chi connectivity index (χ4n) is 3.94. The van der Waals surface area contributed by atoms with E-state index in [9.17, 15) is 0 Å². The fourth-order valence-corrected chi connectivity index (χ4v) is 3.94. The number of fused-ring (bicyclic) bond motifs is 1. The van der Waals surface area contributed by atoms with Crippen molar-refractivity contribution in [3.05, 3.63) is 89.0 Å². The van der Waals surface area contributed by atoms with Crippen LogP contribution in [-0.2, 0) is 0 Å². The van der Waals surface area contributed by atoms with E-state index >= 15 is 0 Å². The van der Waals surface area contributed by atoms with E-state index in [4.69, 9.17) is 4.74 Å². The van der Waals surface area contributed by atoms with Crippen LogP contribution >= 0.6 is 0 Å². The van der Waals surface area contributed by atoms with Crippen LogP contribution in [0.2, 0.25) is 0 Å². The zero-order valence-electron chi connectivity index (χ0n) is 15.8. The molecule has 1 heteroatoms. The number of benzene rings is 3. The first-order chi connectivity index (χ1) is 12.7. The third kappa shape index (κ3) is 3.03. The van der Waals surface area contributed by atoms with E-state index in [1.165, 1.54) is 33.4 Å². The molecular weight excluding hydrogens is 316 g/mol. The van der Waals surface area contributed by atoms with Gasteiger partial charge in [-0.15, -0.1) is 0 Å². The molecule has 1 radical (unpaired) electrons. The Morgan fingerprint density at radius 3 is 2.19 bits per heavy atom. The highest BCUT2D eigenvalue weighted by Gasteiger charge is 2.37. The van der Waals surface area contributed by atoms with Crippen LogP contribution in [-0.4, -0.2) is 6.10 Å². The summed E-state index contributed by atoms with van der Waals surface area (Å²) in [4.78, 5) is 0. The molecule has 0 amide bonds. The normalized spacial score (nSPS) is 18.4. The standard InChI is InChI=1S/C25H25O/c1-4-6-22-24(20-15-11-18(3)12-16-20)25-21(7-5-8-23(25)26-22)19-13-9-17(2)10-14-19/h5,8-16,22,24H,4,6H2,1-3H3. The van der Waals surface area contributed by atoms with E-state index in [0.717, 1.165) is 18.6 Å². The van der Waals surface area contributed by atoms with Crippen LogP contribution in [0.3, 0.4) is 0 Å². The minimum Gasteiger partial charge on any atom is -0.489 e. The Morgan fingerprint density at radius 1 is 0.885 bits per heavy atom. The van der Waals surface area contributed by atoms with Crippen LogP contribution in [0.25, 0.3) is 11.1 Å². The van der Waals surface area contributed by atoms with Gasteiger partial charge in [0.2, 0.25) is 0 Å². The molecule has 0 fully saturated rings. The molecule has 1 aliphatic heterocycles. The average molecular weight is 341 g/mol. The van der Waals surface area contributed by atoms with Gasteiger partial charge in [-0.1, -0.05) is 79.1 Å². The van der Waals surface area contributed by atoms with Gasteiger partial charge in [-0.05, 0) is 49.1 Å². The Kier molecular flexibility index (Phi) is 4.55. The van der Waals surface area contributed by atoms with Gasteiger partial charge < -0.3 is 4.74 Å². The summed E-state index contributed by atoms with van der Waals surface area (Å²) >= 11 is 0. The Balaban J connectivity index is 1.86. The lowest BCUT2D eigenvalue weighted by molar-refractivity contribution is 0.205. The van der Waals surface area contributed by atoms with E-state index in [2.05, 4.69) is 81.4 Å². The van der Waals surface area contributed by atoms with Gasteiger partial charge in [-0.3, -0.25) is 0 Å². The van der Waals surface area contributed by atoms with Crippen molar-refractivity contribution in [2.24, 2.45) is 0 Å². The smallest absolute Gasteiger partial charge is 0.124 e. The van der Waals surface area contributed by atoms with Gasteiger partial charge in [0.15, 0.2) is 0 Å². The highest BCUT2D eigenvalue weighted by atomic mass is 16.5. The number of rotatable bonds is 4. The summed E-state index contributed by atoms with van der Waals surface area (Å²) in [6, 6.07) is 25.2. The summed E-state index contributed by atoms with van der Waals surface area (Å²) < 4.78 is 6.41. The molecule has 131 valence electrons. The van der Waals surface area contributed by atoms with Crippen molar-refractivity contribution in [1.82, 2.24) is 0 Å². The molecule has 26 heavy (non-hydrogen) atoms. The highest BCUT2D eigenvalue weighted by Crippen LogP contribution is 2.48. The van der Waals surface area contributed by atoms with Gasteiger partial charge in [0.1, 0.15) is 11.9 Å². The van der Waals surface area contributed by atoms with Gasteiger partial charge in [0.05, 0.1) is 5.92 Å². The van der Waals surface area contributed by atoms with E-state index in [1.54, 1.807) is 0 Å². The van der Waals surface area contributed by atoms with Crippen molar-refractivity contribution < 1.29 is 4.74 Å². The Morgan fingerprint density at radius 2 is 1.54 bits per heavy atom. The quantitative estimate of drug-likeness (QED) is 0.529. The summed E-state index contributed by atoms with van der Waals surface area (Å²) in [7, 11) is 0. The molecule has 1 heterocycles. The van der Waals surface area contributed by atoms with Gasteiger partial charge in [-0.2, -0.15) is 0 Å². The van der Waals surface area contributed by atoms with Crippen LogP contribution in [0.5, 0.6) is 5.75 Å². The van der Waals surface area contributed by atoms with E-state index in [1.807, 2.05) is 6.07 Å². The summed E-state index contributed by atoms with van der Waals surface area (Å²) in [5.41, 5.74) is 7.58. The van der Waals surface area contributed by atoms with Crippen LogP contribution < -0.4 is 4.74 Å². The third-order valence-corrected chi connectivity index (χ3v) is 5.31. The second-order valence-electron chi connectivity index (χ2n) is 7.33. The highest BCUT2D eigenvalue weighted by molar-refractivity contribution is 5.73. The molecule has 0 saturated carbocycles. The van der Waals surface area contributed by atoms with Crippen molar-refractivity contribution in [2.45, 2.75) is 45.6 Å². The lowest BCUT2D eigenvalue weighted by atomic mass is 9.82. The first-order valence-electron chi connectivity index (χ1n) is 9.52. The van der Waals surface area contributed by atoms with Crippen LogP contribution in [0.4, 0.5) is 0 Å². The maximum atomic E-state index is 6.41. The Labute approximate surface area is 156 Å². The first-order valence-corrected chi connectivity index (χ1v) is 9.52. The molecule has 0 bridgehead atoms. The summed E-state index contributed by atoms with van der Waals surface area (Å²) in [5, 5.41) is 0. The Hall–Kier alpha value is -2.54. The molecule has 2 unspecified atom stereocenters. The molecule has 0 spiro atoms. The summed E-state index contributed by atoms with van der Waals surface area (Å²) in [6.45, 7) is 6.49. The lowest BCUT2D eigenvalue weighted by Crippen LogP contribution is -2.19. The largest absolute Gasteiger partial charge is 0.489 e. The number of ether oxygens (including phenoxy) is 1. The molecule has 4 rings (SSSR count). The van der Waals surface area contributed by atoms with Crippen molar-refractivity contribution >= 4 is 0 Å². The molecule has 0 N–H and O–H groups in total. The van der Waals surface area contributed by atoms with Gasteiger partial charge in [-0.25, -0.2) is 0 Å². The van der Waals surface area contributed by atoms with Gasteiger partial charge >= 0.3 is 0 Å². The van der Waals surface area contributed by atoms with E-state index < -0.39 is 0 Å². The molecule has 1 aliphatic rings. The van der Waals surface area contributed by atoms with E-state index in [0.29, 0.717) is 0 Å². The van der Waals surface area contributed by atoms with Crippen molar-refractivity contribution in [1.29, 1.82) is 0 Å². The number of aryl methyl sites for hydroxylation is 2. The first kappa shape index (κ1) is 16.9. The van der Waals surface area contributed by atoms with Crippen molar-refractivity contribution in [3.8, 4) is 16.9 Å². The average Bonchev–Trinajstić information content (AvgIpc) is 3.02.